The van der Waals surface area contributed by atoms with Crippen LogP contribution < -0.4 is 4.74 Å². The van der Waals surface area contributed by atoms with Crippen LogP contribution in [0.25, 0.3) is 0 Å². The van der Waals surface area contributed by atoms with Gasteiger partial charge in [-0.2, -0.15) is 0 Å². The Morgan fingerprint density at radius 1 is 1.00 bits per heavy atom. The third kappa shape index (κ3) is 5.96. The van der Waals surface area contributed by atoms with Gasteiger partial charge in [0.05, 0.1) is 0 Å². The maximum Gasteiger partial charge on any atom is 0.123 e. The minimum atomic E-state index is -0.438. The van der Waals surface area contributed by atoms with Gasteiger partial charge in [0.25, 0.3) is 0 Å². The Kier molecular flexibility index (Phi) is 7.76. The first kappa shape index (κ1) is 22.2. The van der Waals surface area contributed by atoms with Gasteiger partial charge >= 0.3 is 0 Å². The largest absolute Gasteiger partial charge is 0.491 e. The molecule has 1 N–H and O–H groups in total. The number of benzene rings is 1. The zero-order valence-corrected chi connectivity index (χ0v) is 18.5. The van der Waals surface area contributed by atoms with Crippen molar-refractivity contribution < 1.29 is 9.84 Å². The van der Waals surface area contributed by atoms with E-state index in [0.29, 0.717) is 13.2 Å². The molecule has 1 aliphatic heterocycles. The monoisotopic (exact) mass is 375 g/mol. The fraction of sp³-hybridized carbons (Fsp3) is 0.750. The van der Waals surface area contributed by atoms with Gasteiger partial charge in [-0.1, -0.05) is 60.1 Å². The van der Waals surface area contributed by atoms with E-state index >= 15 is 0 Å². The molecule has 1 fully saturated rings. The van der Waals surface area contributed by atoms with Crippen LogP contribution in [0.15, 0.2) is 18.2 Å². The Labute approximate surface area is 167 Å². The second kappa shape index (κ2) is 9.43. The van der Waals surface area contributed by atoms with Crippen molar-refractivity contribution in [1.82, 2.24) is 4.90 Å². The van der Waals surface area contributed by atoms with Crippen LogP contribution in [-0.2, 0) is 10.8 Å². The van der Waals surface area contributed by atoms with Gasteiger partial charge in [0.15, 0.2) is 0 Å². The lowest BCUT2D eigenvalue weighted by molar-refractivity contribution is 0.0610. The number of nitrogens with zero attached hydrogens (tertiary/aromatic N) is 1. The van der Waals surface area contributed by atoms with Gasteiger partial charge in [-0.15, -0.1) is 0 Å². The van der Waals surface area contributed by atoms with E-state index in [1.165, 1.54) is 30.4 Å². The normalized spacial score (nSPS) is 17.7. The Bertz CT molecular complexity index is 588. The predicted molar refractivity (Wildman–Crippen MR) is 115 cm³/mol. The molecule has 154 valence electrons. The van der Waals surface area contributed by atoms with Gasteiger partial charge < -0.3 is 14.7 Å². The van der Waals surface area contributed by atoms with E-state index in [-0.39, 0.29) is 10.8 Å². The first-order valence-corrected chi connectivity index (χ1v) is 10.9. The lowest BCUT2D eigenvalue weighted by Crippen LogP contribution is -2.38. The summed E-state index contributed by atoms with van der Waals surface area (Å²) in [6.45, 7) is 16.9. The Morgan fingerprint density at radius 3 is 2.22 bits per heavy atom. The molecule has 2 rings (SSSR count). The summed E-state index contributed by atoms with van der Waals surface area (Å²) in [4.78, 5) is 2.36. The van der Waals surface area contributed by atoms with Crippen molar-refractivity contribution in [2.24, 2.45) is 0 Å². The molecule has 0 bridgehead atoms. The highest BCUT2D eigenvalue weighted by Crippen LogP contribution is 2.38. The summed E-state index contributed by atoms with van der Waals surface area (Å²) in [7, 11) is 0. The predicted octanol–water partition coefficient (Wildman–Crippen LogP) is 5.29. The summed E-state index contributed by atoms with van der Waals surface area (Å²) in [5.41, 5.74) is 2.83. The summed E-state index contributed by atoms with van der Waals surface area (Å²) in [6, 6.07) is 6.65. The topological polar surface area (TPSA) is 32.7 Å². The summed E-state index contributed by atoms with van der Waals surface area (Å²) in [6.07, 6.45) is 5.53. The molecule has 3 heteroatoms. The summed E-state index contributed by atoms with van der Waals surface area (Å²) >= 11 is 0. The molecular weight excluding hydrogens is 334 g/mol. The lowest BCUT2D eigenvalue weighted by atomic mass is 9.76. The van der Waals surface area contributed by atoms with Gasteiger partial charge in [0, 0.05) is 12.1 Å². The number of β-amino-alcohol motifs (C(OH)–C–C–N with tert-alkyl or cyclic N) is 1. The van der Waals surface area contributed by atoms with Crippen molar-refractivity contribution in [3.05, 3.63) is 29.3 Å². The van der Waals surface area contributed by atoms with E-state index in [4.69, 9.17) is 4.74 Å². The molecule has 0 radical (unpaired) electrons. The zero-order chi connectivity index (χ0) is 20.1. The van der Waals surface area contributed by atoms with Crippen molar-refractivity contribution in [3.8, 4) is 5.75 Å². The zero-order valence-electron chi connectivity index (χ0n) is 18.5. The Hall–Kier alpha value is -1.06. The minimum absolute atomic E-state index is 0.0486. The first-order valence-electron chi connectivity index (χ1n) is 10.9. The Balaban J connectivity index is 2.12. The average Bonchev–Trinajstić information content (AvgIpc) is 2.67. The molecule has 1 heterocycles. The minimum Gasteiger partial charge on any atom is -0.491 e. The highest BCUT2D eigenvalue weighted by atomic mass is 16.5. The molecule has 0 amide bonds. The molecule has 1 unspecified atom stereocenters. The van der Waals surface area contributed by atoms with Crippen LogP contribution in [0.5, 0.6) is 5.75 Å². The molecule has 1 atom stereocenters. The number of aliphatic hydroxyl groups excluding tert-OH is 1. The second-order valence-electron chi connectivity index (χ2n) is 9.51. The standard InChI is InChI=1S/C24H41NO2/c1-7-23(3,4)19-12-13-22(21(16-19)24(5,6)8-2)27-18-20(26)17-25-14-10-9-11-15-25/h12-13,16,20,26H,7-11,14-15,17-18H2,1-6H3. The van der Waals surface area contributed by atoms with Gasteiger partial charge in [-0.05, 0) is 61.2 Å². The molecule has 0 saturated carbocycles. The third-order valence-electron chi connectivity index (χ3n) is 6.61. The molecular formula is C24H41NO2. The van der Waals surface area contributed by atoms with E-state index in [0.717, 1.165) is 31.7 Å². The molecule has 1 saturated heterocycles. The van der Waals surface area contributed by atoms with Crippen LogP contribution in [-0.4, -0.2) is 42.4 Å². The van der Waals surface area contributed by atoms with E-state index in [1.54, 1.807) is 0 Å². The number of hydrogen-bond acceptors (Lipinski definition) is 3. The van der Waals surface area contributed by atoms with Crippen LogP contribution >= 0.6 is 0 Å². The van der Waals surface area contributed by atoms with E-state index in [2.05, 4.69) is 64.6 Å². The second-order valence-corrected chi connectivity index (χ2v) is 9.51. The van der Waals surface area contributed by atoms with Crippen LogP contribution in [0.2, 0.25) is 0 Å². The van der Waals surface area contributed by atoms with Crippen molar-refractivity contribution >= 4 is 0 Å². The molecule has 3 nitrogen and oxygen atoms in total. The summed E-state index contributed by atoms with van der Waals surface area (Å²) < 4.78 is 6.15. The fourth-order valence-corrected chi connectivity index (χ4v) is 3.68. The molecule has 0 aromatic heterocycles. The lowest BCUT2D eigenvalue weighted by Gasteiger charge is -2.31. The highest BCUT2D eigenvalue weighted by molar-refractivity contribution is 5.44. The van der Waals surface area contributed by atoms with Gasteiger partial charge in [0.2, 0.25) is 0 Å². The number of rotatable bonds is 9. The first-order chi connectivity index (χ1) is 12.7. The van der Waals surface area contributed by atoms with E-state index in [9.17, 15) is 5.11 Å². The van der Waals surface area contributed by atoms with Crippen molar-refractivity contribution in [2.75, 3.05) is 26.2 Å². The Morgan fingerprint density at radius 2 is 1.63 bits per heavy atom. The number of aliphatic hydroxyl groups is 1. The van der Waals surface area contributed by atoms with E-state index in [1.807, 2.05) is 0 Å². The fourth-order valence-electron chi connectivity index (χ4n) is 3.68. The molecule has 1 aromatic carbocycles. The van der Waals surface area contributed by atoms with Crippen molar-refractivity contribution in [2.45, 2.75) is 90.6 Å². The average molecular weight is 376 g/mol. The van der Waals surface area contributed by atoms with Crippen molar-refractivity contribution in [1.29, 1.82) is 0 Å². The van der Waals surface area contributed by atoms with Crippen molar-refractivity contribution in [3.63, 3.8) is 0 Å². The molecule has 0 aliphatic carbocycles. The molecule has 1 aromatic rings. The van der Waals surface area contributed by atoms with Gasteiger partial charge in [0.1, 0.15) is 18.5 Å². The summed E-state index contributed by atoms with van der Waals surface area (Å²) in [5, 5.41) is 10.5. The smallest absolute Gasteiger partial charge is 0.123 e. The maximum absolute atomic E-state index is 10.5. The molecule has 27 heavy (non-hydrogen) atoms. The summed E-state index contributed by atoms with van der Waals surface area (Å²) in [5.74, 6) is 0.926. The SMILES string of the molecule is CCC(C)(C)c1ccc(OCC(O)CN2CCCCC2)c(C(C)(C)CC)c1. The molecule has 0 spiro atoms. The number of hydrogen-bond donors (Lipinski definition) is 1. The van der Waals surface area contributed by atoms with Gasteiger partial charge in [-0.25, -0.2) is 0 Å². The quantitative estimate of drug-likeness (QED) is 0.637. The number of likely N-dealkylation sites (tertiary alicyclic amines) is 1. The maximum atomic E-state index is 10.5. The van der Waals surface area contributed by atoms with Crippen LogP contribution in [0, 0.1) is 0 Å². The van der Waals surface area contributed by atoms with Gasteiger partial charge in [-0.3, -0.25) is 0 Å². The number of piperidine rings is 1. The highest BCUT2D eigenvalue weighted by Gasteiger charge is 2.27. The molecule has 1 aliphatic rings. The van der Waals surface area contributed by atoms with E-state index < -0.39 is 6.10 Å². The van der Waals surface area contributed by atoms with Crippen LogP contribution in [0.4, 0.5) is 0 Å². The van der Waals surface area contributed by atoms with Crippen LogP contribution in [0.3, 0.4) is 0 Å². The number of ether oxygens (including phenoxy) is 1. The third-order valence-corrected chi connectivity index (χ3v) is 6.61. The van der Waals surface area contributed by atoms with Crippen LogP contribution in [0.1, 0.15) is 84.8 Å².